The molecular formula is C47H49N11O6. The highest BCUT2D eigenvalue weighted by molar-refractivity contribution is 6.23. The Hall–Kier alpha value is -7.17. The second-order valence-corrected chi connectivity index (χ2v) is 17.4. The van der Waals surface area contributed by atoms with Gasteiger partial charge in [-0.05, 0) is 86.1 Å². The van der Waals surface area contributed by atoms with Crippen molar-refractivity contribution in [2.24, 2.45) is 5.92 Å². The van der Waals surface area contributed by atoms with Crippen molar-refractivity contribution in [2.75, 3.05) is 54.4 Å². The lowest BCUT2D eigenvalue weighted by Crippen LogP contribution is -2.54. The fourth-order valence-corrected chi connectivity index (χ4v) is 9.74. The molecule has 328 valence electrons. The molecule has 3 aromatic carbocycles. The number of nitrogens with zero attached hydrogens (tertiary/aromatic N) is 8. The summed E-state index contributed by atoms with van der Waals surface area (Å²) in [7, 11) is 0. The van der Waals surface area contributed by atoms with Crippen LogP contribution in [0.25, 0.3) is 11.2 Å². The molecule has 2 aromatic heterocycles. The summed E-state index contributed by atoms with van der Waals surface area (Å²) in [5.41, 5.74) is 5.76. The Morgan fingerprint density at radius 1 is 0.750 bits per heavy atom. The van der Waals surface area contributed by atoms with E-state index < -0.39 is 29.7 Å². The van der Waals surface area contributed by atoms with E-state index in [9.17, 15) is 28.8 Å². The van der Waals surface area contributed by atoms with Gasteiger partial charge in [-0.1, -0.05) is 30.3 Å². The summed E-state index contributed by atoms with van der Waals surface area (Å²) in [6.07, 6.45) is 7.71. The van der Waals surface area contributed by atoms with Gasteiger partial charge in [-0.15, -0.1) is 0 Å². The highest BCUT2D eigenvalue weighted by Crippen LogP contribution is 2.36. The van der Waals surface area contributed by atoms with Crippen molar-refractivity contribution >= 4 is 69.5 Å². The van der Waals surface area contributed by atoms with Crippen LogP contribution in [0.5, 0.6) is 0 Å². The number of carbonyl (C=O) groups is 6. The third-order valence-corrected chi connectivity index (χ3v) is 13.4. The van der Waals surface area contributed by atoms with Gasteiger partial charge in [-0.2, -0.15) is 0 Å². The SMILES string of the molecule is O=C1CC[C@H](N2C(=O)c3ccc(N4CCC(CC(=O)N5CCN(c6ccc(Nc7ncnc8c7ncn8C7CC(NC(=O)Cc8ccccc8)C7)cc6)CC5)CC4)cc3C2=O)C(=O)N1. The second kappa shape index (κ2) is 17.2. The van der Waals surface area contributed by atoms with E-state index in [2.05, 4.69) is 57.4 Å². The molecule has 6 heterocycles. The third-order valence-electron chi connectivity index (χ3n) is 13.4. The smallest absolute Gasteiger partial charge is 0.262 e. The van der Waals surface area contributed by atoms with Crippen LogP contribution in [0.1, 0.15) is 77.3 Å². The molecule has 0 bridgehead atoms. The molecule has 3 saturated heterocycles. The van der Waals surface area contributed by atoms with Gasteiger partial charge in [0.25, 0.3) is 11.8 Å². The van der Waals surface area contributed by atoms with E-state index >= 15 is 0 Å². The van der Waals surface area contributed by atoms with Gasteiger partial charge in [-0.3, -0.25) is 39.0 Å². The van der Waals surface area contributed by atoms with Gasteiger partial charge >= 0.3 is 0 Å². The number of hydrogen-bond acceptors (Lipinski definition) is 12. The van der Waals surface area contributed by atoms with Crippen molar-refractivity contribution in [3.05, 3.63) is 102 Å². The molecule has 4 aliphatic heterocycles. The fraction of sp³-hybridized carbons (Fsp3) is 0.383. The molecule has 64 heavy (non-hydrogen) atoms. The lowest BCUT2D eigenvalue weighted by molar-refractivity contribution is -0.136. The molecule has 6 amide bonds. The average Bonchev–Trinajstić information content (AvgIpc) is 3.83. The van der Waals surface area contributed by atoms with Crippen molar-refractivity contribution in [2.45, 2.75) is 69.5 Å². The van der Waals surface area contributed by atoms with Crippen LogP contribution in [-0.2, 0) is 25.6 Å². The molecule has 1 atom stereocenters. The highest BCUT2D eigenvalue weighted by atomic mass is 16.2. The Morgan fingerprint density at radius 3 is 2.22 bits per heavy atom. The largest absolute Gasteiger partial charge is 0.371 e. The molecule has 1 saturated carbocycles. The number of carbonyl (C=O) groups excluding carboxylic acids is 6. The van der Waals surface area contributed by atoms with Crippen molar-refractivity contribution in [1.82, 2.24) is 40.0 Å². The zero-order chi connectivity index (χ0) is 43.9. The first-order valence-electron chi connectivity index (χ1n) is 22.2. The Morgan fingerprint density at radius 2 is 1.47 bits per heavy atom. The Kier molecular flexibility index (Phi) is 11.0. The van der Waals surface area contributed by atoms with Gasteiger partial charge < -0.3 is 29.9 Å². The maximum absolute atomic E-state index is 13.5. The van der Waals surface area contributed by atoms with Crippen LogP contribution in [0, 0.1) is 5.92 Å². The monoisotopic (exact) mass is 863 g/mol. The third kappa shape index (κ3) is 8.13. The summed E-state index contributed by atoms with van der Waals surface area (Å²) in [6.45, 7) is 4.22. The number of benzene rings is 3. The summed E-state index contributed by atoms with van der Waals surface area (Å²) in [6, 6.07) is 22.5. The standard InChI is InChI=1S/C47H49N11O6/c59-39-13-12-38(45(62)53-39)58-46(63)36-11-10-34(26-37(36)47(58)64)54-16-14-30(15-17-54)23-41(61)56-20-18-55(19-21-56)33-8-6-31(7-9-33)52-43-42-44(49-27-48-43)57(28-50-42)35-24-32(25-35)51-40(60)22-29-4-2-1-3-5-29/h1-11,26-28,30,32,35,38H,12-25H2,(H,51,60)(H,48,49,52)(H,53,59,62)/t32?,35?,38-/m0/s1. The average molecular weight is 864 g/mol. The van der Waals surface area contributed by atoms with Gasteiger partial charge in [0.1, 0.15) is 12.4 Å². The van der Waals surface area contributed by atoms with Crippen LogP contribution in [0.15, 0.2) is 85.5 Å². The lowest BCUT2D eigenvalue weighted by atomic mass is 9.86. The van der Waals surface area contributed by atoms with Crippen LogP contribution < -0.4 is 25.8 Å². The van der Waals surface area contributed by atoms with Crippen LogP contribution >= 0.6 is 0 Å². The number of hydrogen-bond donors (Lipinski definition) is 3. The number of nitrogens with one attached hydrogen (secondary N) is 3. The molecule has 0 spiro atoms. The molecule has 10 rings (SSSR count). The van der Waals surface area contributed by atoms with E-state index in [-0.39, 0.29) is 53.8 Å². The number of piperazine rings is 1. The first kappa shape index (κ1) is 40.9. The van der Waals surface area contributed by atoms with Crippen LogP contribution in [-0.4, -0.2) is 116 Å². The number of piperidine rings is 2. The minimum Gasteiger partial charge on any atom is -0.371 e. The second-order valence-electron chi connectivity index (χ2n) is 17.4. The lowest BCUT2D eigenvalue weighted by Gasteiger charge is -2.38. The molecular weight excluding hydrogens is 815 g/mol. The van der Waals surface area contributed by atoms with Crippen molar-refractivity contribution in [1.29, 1.82) is 0 Å². The van der Waals surface area contributed by atoms with Crippen molar-refractivity contribution < 1.29 is 28.8 Å². The summed E-state index contributed by atoms with van der Waals surface area (Å²) in [5.74, 6) is -0.977. The Bertz CT molecular complexity index is 2630. The van der Waals surface area contributed by atoms with Crippen molar-refractivity contribution in [3.8, 4) is 0 Å². The molecule has 3 N–H and O–H groups in total. The molecule has 4 fully saturated rings. The number of aromatic nitrogens is 4. The van der Waals surface area contributed by atoms with E-state index in [0.717, 1.165) is 85.0 Å². The number of amides is 6. The van der Waals surface area contributed by atoms with Gasteiger partial charge in [-0.25, -0.2) is 15.0 Å². The normalized spacial score (nSPS) is 21.5. The first-order chi connectivity index (χ1) is 31.1. The Labute approximate surface area is 369 Å². The van der Waals surface area contributed by atoms with E-state index in [1.165, 1.54) is 0 Å². The van der Waals surface area contributed by atoms with E-state index in [1.54, 1.807) is 18.5 Å². The molecule has 5 aliphatic rings. The van der Waals surface area contributed by atoms with E-state index in [1.807, 2.05) is 59.8 Å². The summed E-state index contributed by atoms with van der Waals surface area (Å²) in [4.78, 5) is 97.8. The summed E-state index contributed by atoms with van der Waals surface area (Å²) < 4.78 is 2.08. The van der Waals surface area contributed by atoms with Gasteiger partial charge in [0, 0.05) is 81.3 Å². The predicted octanol–water partition coefficient (Wildman–Crippen LogP) is 3.99. The van der Waals surface area contributed by atoms with E-state index in [4.69, 9.17) is 0 Å². The maximum atomic E-state index is 13.5. The number of anilines is 4. The van der Waals surface area contributed by atoms with Gasteiger partial charge in [0.15, 0.2) is 17.0 Å². The minimum absolute atomic E-state index is 0.0327. The molecule has 5 aromatic rings. The summed E-state index contributed by atoms with van der Waals surface area (Å²) >= 11 is 0. The van der Waals surface area contributed by atoms with Crippen LogP contribution in [0.4, 0.5) is 22.9 Å². The van der Waals surface area contributed by atoms with Gasteiger partial charge in [0.05, 0.1) is 23.9 Å². The molecule has 0 unspecified atom stereocenters. The quantitative estimate of drug-likeness (QED) is 0.162. The molecule has 1 aliphatic carbocycles. The zero-order valence-corrected chi connectivity index (χ0v) is 35.3. The van der Waals surface area contributed by atoms with Crippen LogP contribution in [0.3, 0.4) is 0 Å². The number of fused-ring (bicyclic) bond motifs is 2. The molecule has 17 nitrogen and oxygen atoms in total. The number of rotatable bonds is 11. The fourth-order valence-electron chi connectivity index (χ4n) is 9.74. The van der Waals surface area contributed by atoms with E-state index in [0.29, 0.717) is 37.3 Å². The number of imide groups is 2. The highest BCUT2D eigenvalue weighted by Gasteiger charge is 2.45. The Balaban J connectivity index is 0.671. The predicted molar refractivity (Wildman–Crippen MR) is 237 cm³/mol. The zero-order valence-electron chi connectivity index (χ0n) is 35.3. The first-order valence-corrected chi connectivity index (χ1v) is 22.2. The van der Waals surface area contributed by atoms with Crippen molar-refractivity contribution in [3.63, 3.8) is 0 Å². The molecule has 17 heteroatoms. The topological polar surface area (TPSA) is 195 Å². The molecule has 0 radical (unpaired) electrons. The summed E-state index contributed by atoms with van der Waals surface area (Å²) in [5, 5.41) is 8.80. The van der Waals surface area contributed by atoms with Crippen LogP contribution in [0.2, 0.25) is 0 Å². The number of imidazole rings is 1. The maximum Gasteiger partial charge on any atom is 0.262 e. The minimum atomic E-state index is -0.997. The van der Waals surface area contributed by atoms with Gasteiger partial charge in [0.2, 0.25) is 23.6 Å².